The average molecular weight is 346 g/mol. The number of nitrogens with one attached hydrogen (secondary N) is 1. The molecule has 25 heavy (non-hydrogen) atoms. The molecule has 0 spiro atoms. The maximum atomic E-state index is 13.1. The summed E-state index contributed by atoms with van der Waals surface area (Å²) in [5, 5.41) is 3.26. The first kappa shape index (κ1) is 18.4. The highest BCUT2D eigenvalue weighted by Gasteiger charge is 2.41. The van der Waals surface area contributed by atoms with Crippen molar-refractivity contribution in [3.05, 3.63) is 35.9 Å². The van der Waals surface area contributed by atoms with Crippen LogP contribution in [0.4, 0.5) is 0 Å². The molecule has 2 aliphatic rings. The summed E-state index contributed by atoms with van der Waals surface area (Å²) in [6.45, 7) is 5.96. The molecule has 5 heteroatoms. The average Bonchev–Trinajstić information content (AvgIpc) is 3.13. The van der Waals surface area contributed by atoms with Crippen LogP contribution in [-0.2, 0) is 19.7 Å². The molecule has 2 aliphatic heterocycles. The first-order valence-electron chi connectivity index (χ1n) is 9.37. The number of ether oxygens (including phenoxy) is 2. The summed E-state index contributed by atoms with van der Waals surface area (Å²) < 4.78 is 10.7. The third-order valence-corrected chi connectivity index (χ3v) is 5.64. The minimum absolute atomic E-state index is 0.164. The second kappa shape index (κ2) is 8.79. The number of hydrogen-bond donors (Lipinski definition) is 1. The lowest BCUT2D eigenvalue weighted by Gasteiger charge is -2.36. The number of likely N-dealkylation sites (tertiary alicyclic amines) is 1. The molecular formula is C20H30N2O3. The van der Waals surface area contributed by atoms with Gasteiger partial charge in [0.1, 0.15) is 0 Å². The summed E-state index contributed by atoms with van der Waals surface area (Å²) in [6.07, 6.45) is 2.66. The molecule has 1 aromatic carbocycles. The minimum atomic E-state index is -0.437. The van der Waals surface area contributed by atoms with Crippen LogP contribution in [0.2, 0.25) is 0 Å². The summed E-state index contributed by atoms with van der Waals surface area (Å²) in [6, 6.07) is 10.2. The Morgan fingerprint density at radius 3 is 2.80 bits per heavy atom. The van der Waals surface area contributed by atoms with E-state index in [0.717, 1.165) is 57.6 Å². The van der Waals surface area contributed by atoms with Crippen molar-refractivity contribution < 1.29 is 14.3 Å². The number of rotatable bonds is 7. The number of carbonyl (C=O) groups excluding carboxylic acids is 1. The molecule has 138 valence electrons. The second-order valence-corrected chi connectivity index (χ2v) is 7.22. The van der Waals surface area contributed by atoms with Crippen LogP contribution in [0.15, 0.2) is 30.3 Å². The zero-order chi connectivity index (χ0) is 17.5. The first-order chi connectivity index (χ1) is 12.2. The predicted octanol–water partition coefficient (Wildman–Crippen LogP) is 1.82. The van der Waals surface area contributed by atoms with Crippen molar-refractivity contribution in [3.8, 4) is 0 Å². The zero-order valence-corrected chi connectivity index (χ0v) is 15.2. The van der Waals surface area contributed by atoms with E-state index >= 15 is 0 Å². The van der Waals surface area contributed by atoms with Crippen molar-refractivity contribution in [2.75, 3.05) is 53.1 Å². The molecule has 2 saturated heterocycles. The van der Waals surface area contributed by atoms with Gasteiger partial charge < -0.3 is 19.7 Å². The predicted molar refractivity (Wildman–Crippen MR) is 97.6 cm³/mol. The van der Waals surface area contributed by atoms with Crippen LogP contribution in [0, 0.1) is 5.92 Å². The summed E-state index contributed by atoms with van der Waals surface area (Å²) in [4.78, 5) is 15.5. The third-order valence-electron chi connectivity index (χ3n) is 5.64. The molecule has 0 radical (unpaired) electrons. The van der Waals surface area contributed by atoms with Crippen molar-refractivity contribution in [3.63, 3.8) is 0 Å². The first-order valence-corrected chi connectivity index (χ1v) is 9.37. The minimum Gasteiger partial charge on any atom is -0.383 e. The number of amides is 1. The molecule has 1 N–H and O–H groups in total. The fourth-order valence-corrected chi connectivity index (χ4v) is 4.03. The van der Waals surface area contributed by atoms with Crippen LogP contribution < -0.4 is 5.32 Å². The number of nitrogens with zero attached hydrogens (tertiary/aromatic N) is 1. The fourth-order valence-electron chi connectivity index (χ4n) is 4.03. The van der Waals surface area contributed by atoms with E-state index in [9.17, 15) is 4.79 Å². The van der Waals surface area contributed by atoms with Crippen molar-refractivity contribution >= 4 is 5.91 Å². The van der Waals surface area contributed by atoms with E-state index in [1.165, 1.54) is 0 Å². The van der Waals surface area contributed by atoms with Gasteiger partial charge in [-0.1, -0.05) is 30.3 Å². The Labute approximate surface area is 150 Å². The van der Waals surface area contributed by atoms with Crippen LogP contribution in [-0.4, -0.2) is 63.9 Å². The Morgan fingerprint density at radius 2 is 2.08 bits per heavy atom. The topological polar surface area (TPSA) is 50.8 Å². The highest BCUT2D eigenvalue weighted by Crippen LogP contribution is 2.35. The highest BCUT2D eigenvalue weighted by molar-refractivity contribution is 5.88. The van der Waals surface area contributed by atoms with E-state index in [0.29, 0.717) is 19.1 Å². The van der Waals surface area contributed by atoms with E-state index in [-0.39, 0.29) is 5.91 Å². The lowest BCUT2D eigenvalue weighted by Crippen LogP contribution is -2.49. The Kier molecular flexibility index (Phi) is 6.45. The van der Waals surface area contributed by atoms with Gasteiger partial charge in [-0.2, -0.15) is 0 Å². The van der Waals surface area contributed by atoms with E-state index in [1.807, 2.05) is 18.2 Å². The fraction of sp³-hybridized carbons (Fsp3) is 0.650. The summed E-state index contributed by atoms with van der Waals surface area (Å²) in [5.74, 6) is 0.700. The van der Waals surface area contributed by atoms with Crippen LogP contribution in [0.1, 0.15) is 24.8 Å². The Balaban J connectivity index is 1.58. The van der Waals surface area contributed by atoms with Crippen molar-refractivity contribution in [2.24, 2.45) is 5.92 Å². The van der Waals surface area contributed by atoms with E-state index in [2.05, 4.69) is 22.3 Å². The monoisotopic (exact) mass is 346 g/mol. The van der Waals surface area contributed by atoms with Gasteiger partial charge in [-0.3, -0.25) is 4.79 Å². The lowest BCUT2D eigenvalue weighted by atomic mass is 9.73. The Bertz CT molecular complexity index is 543. The number of methoxy groups -OCH3 is 1. The van der Waals surface area contributed by atoms with Gasteiger partial charge in [0, 0.05) is 40.0 Å². The van der Waals surface area contributed by atoms with E-state index in [1.54, 1.807) is 7.11 Å². The van der Waals surface area contributed by atoms with Gasteiger partial charge in [0.15, 0.2) is 0 Å². The van der Waals surface area contributed by atoms with Gasteiger partial charge in [0.2, 0.25) is 5.91 Å². The third kappa shape index (κ3) is 4.40. The number of benzene rings is 1. The normalized spacial score (nSPS) is 23.5. The molecule has 0 aliphatic carbocycles. The van der Waals surface area contributed by atoms with Gasteiger partial charge in [0.05, 0.1) is 12.0 Å². The molecule has 1 atom stereocenters. The van der Waals surface area contributed by atoms with Crippen molar-refractivity contribution in [1.29, 1.82) is 0 Å². The SMILES string of the molecule is COCCN1CC[C@@H](CNC(=O)C2(c3ccccc3)CCOCC2)C1. The summed E-state index contributed by atoms with van der Waals surface area (Å²) >= 11 is 0. The quantitative estimate of drug-likeness (QED) is 0.818. The molecule has 5 nitrogen and oxygen atoms in total. The lowest BCUT2D eigenvalue weighted by molar-refractivity contribution is -0.130. The maximum Gasteiger partial charge on any atom is 0.230 e. The van der Waals surface area contributed by atoms with E-state index in [4.69, 9.17) is 9.47 Å². The largest absolute Gasteiger partial charge is 0.383 e. The van der Waals surface area contributed by atoms with Crippen LogP contribution in [0.25, 0.3) is 0 Å². The highest BCUT2D eigenvalue weighted by atomic mass is 16.5. The maximum absolute atomic E-state index is 13.1. The van der Waals surface area contributed by atoms with Crippen LogP contribution in [0.3, 0.4) is 0 Å². The van der Waals surface area contributed by atoms with Gasteiger partial charge in [-0.05, 0) is 37.3 Å². The van der Waals surface area contributed by atoms with Crippen LogP contribution in [0.5, 0.6) is 0 Å². The summed E-state index contributed by atoms with van der Waals surface area (Å²) in [5.41, 5.74) is 0.678. The van der Waals surface area contributed by atoms with Crippen molar-refractivity contribution in [1.82, 2.24) is 10.2 Å². The van der Waals surface area contributed by atoms with Gasteiger partial charge in [-0.25, -0.2) is 0 Å². The van der Waals surface area contributed by atoms with Crippen molar-refractivity contribution in [2.45, 2.75) is 24.7 Å². The standard InChI is InChI=1S/C20H30N2O3/c1-24-14-11-22-10-7-17(16-22)15-21-19(23)20(8-12-25-13-9-20)18-5-3-2-4-6-18/h2-6,17H,7-16H2,1H3,(H,21,23)/t17-/m0/s1. The number of carbonyl (C=O) groups is 1. The van der Waals surface area contributed by atoms with Crippen LogP contribution >= 0.6 is 0 Å². The Hall–Kier alpha value is -1.43. The zero-order valence-electron chi connectivity index (χ0n) is 15.2. The van der Waals surface area contributed by atoms with Gasteiger partial charge >= 0.3 is 0 Å². The Morgan fingerprint density at radius 1 is 1.32 bits per heavy atom. The molecule has 2 heterocycles. The molecule has 2 fully saturated rings. The molecule has 0 bridgehead atoms. The molecule has 0 aromatic heterocycles. The molecule has 3 rings (SSSR count). The van der Waals surface area contributed by atoms with Gasteiger partial charge in [-0.15, -0.1) is 0 Å². The molecule has 0 unspecified atom stereocenters. The summed E-state index contributed by atoms with van der Waals surface area (Å²) in [7, 11) is 1.74. The molecule has 1 aromatic rings. The number of hydrogen-bond acceptors (Lipinski definition) is 4. The second-order valence-electron chi connectivity index (χ2n) is 7.22. The smallest absolute Gasteiger partial charge is 0.230 e. The van der Waals surface area contributed by atoms with Gasteiger partial charge in [0.25, 0.3) is 0 Å². The van der Waals surface area contributed by atoms with E-state index < -0.39 is 5.41 Å². The molecule has 1 amide bonds. The molecular weight excluding hydrogens is 316 g/mol. The molecule has 0 saturated carbocycles.